The molecule has 16 heavy (non-hydrogen) atoms. The van der Waals surface area contributed by atoms with Crippen LogP contribution in [0.5, 0.6) is 0 Å². The molecule has 0 bridgehead atoms. The van der Waals surface area contributed by atoms with Crippen molar-refractivity contribution in [3.63, 3.8) is 0 Å². The minimum Gasteiger partial charge on any atom is -0.354 e. The fourth-order valence-electron chi connectivity index (χ4n) is 1.86. The van der Waals surface area contributed by atoms with Gasteiger partial charge in [-0.3, -0.25) is 0 Å². The van der Waals surface area contributed by atoms with Crippen molar-refractivity contribution >= 4 is 34.8 Å². The van der Waals surface area contributed by atoms with E-state index >= 15 is 0 Å². The Labute approximate surface area is 110 Å². The van der Waals surface area contributed by atoms with Gasteiger partial charge in [-0.1, -0.05) is 40.9 Å². The van der Waals surface area contributed by atoms with Crippen molar-refractivity contribution in [2.75, 3.05) is 14.1 Å². The Morgan fingerprint density at radius 1 is 1.12 bits per heavy atom. The van der Waals surface area contributed by atoms with Crippen molar-refractivity contribution < 1.29 is 0 Å². The van der Waals surface area contributed by atoms with Crippen LogP contribution in [0.1, 0.15) is 11.7 Å². The molecule has 86 valence electrons. The molecule has 5 heteroatoms. The summed E-state index contributed by atoms with van der Waals surface area (Å²) in [6.07, 6.45) is 1.90. The van der Waals surface area contributed by atoms with Crippen LogP contribution in [-0.2, 0) is 0 Å². The van der Waals surface area contributed by atoms with Crippen molar-refractivity contribution in [2.45, 2.75) is 6.17 Å². The number of benzene rings is 1. The van der Waals surface area contributed by atoms with Gasteiger partial charge in [-0.05, 0) is 12.1 Å². The van der Waals surface area contributed by atoms with Crippen LogP contribution in [0.4, 0.5) is 0 Å². The molecule has 0 spiro atoms. The zero-order valence-corrected chi connectivity index (χ0v) is 11.2. The van der Waals surface area contributed by atoms with Crippen molar-refractivity contribution in [1.82, 2.24) is 9.80 Å². The number of halogens is 3. The minimum absolute atomic E-state index is 0.0252. The molecule has 0 saturated heterocycles. The second-order valence-electron chi connectivity index (χ2n) is 3.77. The van der Waals surface area contributed by atoms with Crippen LogP contribution in [-0.4, -0.2) is 23.9 Å². The molecular weight excluding hydrogens is 266 g/mol. The van der Waals surface area contributed by atoms with E-state index in [1.807, 2.05) is 42.2 Å². The maximum Gasteiger partial charge on any atom is 0.129 e. The lowest BCUT2D eigenvalue weighted by Gasteiger charge is -2.29. The Bertz CT molecular complexity index is 445. The van der Waals surface area contributed by atoms with E-state index in [-0.39, 0.29) is 6.17 Å². The Morgan fingerprint density at radius 2 is 1.81 bits per heavy atom. The van der Waals surface area contributed by atoms with E-state index in [0.717, 1.165) is 5.56 Å². The van der Waals surface area contributed by atoms with Crippen molar-refractivity contribution in [3.8, 4) is 0 Å². The van der Waals surface area contributed by atoms with Crippen LogP contribution in [0.3, 0.4) is 0 Å². The fraction of sp³-hybridized carbons (Fsp3) is 0.273. The van der Waals surface area contributed by atoms with Crippen LogP contribution in [0.2, 0.25) is 10.0 Å². The average Bonchev–Trinajstić information content (AvgIpc) is 2.43. The van der Waals surface area contributed by atoms with Crippen LogP contribution in [0.25, 0.3) is 0 Å². The summed E-state index contributed by atoms with van der Waals surface area (Å²) in [7, 11) is 3.89. The van der Waals surface area contributed by atoms with Crippen molar-refractivity contribution in [1.29, 1.82) is 0 Å². The van der Waals surface area contributed by atoms with E-state index < -0.39 is 0 Å². The molecule has 0 saturated carbocycles. The maximum absolute atomic E-state index is 6.18. The molecule has 1 atom stereocenters. The van der Waals surface area contributed by atoms with Gasteiger partial charge in [-0.25, -0.2) is 0 Å². The summed E-state index contributed by atoms with van der Waals surface area (Å²) in [6, 6.07) is 5.49. The summed E-state index contributed by atoms with van der Waals surface area (Å²) in [5, 5.41) is 1.98. The van der Waals surface area contributed by atoms with Crippen molar-refractivity contribution in [2.24, 2.45) is 0 Å². The Hall–Kier alpha value is -0.570. The SMILES string of the molecule is CN1C=C(Cl)N(C)C1c1ccc(Cl)cc1Cl. The van der Waals surface area contributed by atoms with E-state index in [9.17, 15) is 0 Å². The highest BCUT2D eigenvalue weighted by Gasteiger charge is 2.28. The molecule has 1 aliphatic heterocycles. The van der Waals surface area contributed by atoms with E-state index in [1.165, 1.54) is 0 Å². The summed E-state index contributed by atoms with van der Waals surface area (Å²) >= 11 is 18.1. The molecule has 0 aliphatic carbocycles. The lowest BCUT2D eigenvalue weighted by atomic mass is 10.1. The van der Waals surface area contributed by atoms with Gasteiger partial charge < -0.3 is 9.80 Å². The average molecular weight is 278 g/mol. The van der Waals surface area contributed by atoms with E-state index in [1.54, 1.807) is 6.07 Å². The van der Waals surface area contributed by atoms with E-state index in [0.29, 0.717) is 15.2 Å². The molecule has 0 N–H and O–H groups in total. The molecule has 0 fully saturated rings. The highest BCUT2D eigenvalue weighted by Crippen LogP contribution is 2.37. The summed E-state index contributed by atoms with van der Waals surface area (Å²) in [4.78, 5) is 3.97. The van der Waals surface area contributed by atoms with Gasteiger partial charge in [0, 0.05) is 35.9 Å². The third-order valence-electron chi connectivity index (χ3n) is 2.64. The highest BCUT2D eigenvalue weighted by molar-refractivity contribution is 6.35. The van der Waals surface area contributed by atoms with E-state index in [2.05, 4.69) is 0 Å². The monoisotopic (exact) mass is 276 g/mol. The van der Waals surface area contributed by atoms with Gasteiger partial charge in [0.05, 0.1) is 0 Å². The quantitative estimate of drug-likeness (QED) is 0.718. The smallest absolute Gasteiger partial charge is 0.129 e. The third kappa shape index (κ3) is 1.97. The molecule has 1 aromatic carbocycles. The number of nitrogens with zero attached hydrogens (tertiary/aromatic N) is 2. The molecule has 2 nitrogen and oxygen atoms in total. The lowest BCUT2D eigenvalue weighted by Crippen LogP contribution is -2.26. The van der Waals surface area contributed by atoms with Crippen LogP contribution in [0, 0.1) is 0 Å². The second kappa shape index (κ2) is 4.36. The molecule has 1 aromatic rings. The van der Waals surface area contributed by atoms with Crippen LogP contribution >= 0.6 is 34.8 Å². The van der Waals surface area contributed by atoms with Crippen molar-refractivity contribution in [3.05, 3.63) is 45.2 Å². The third-order valence-corrected chi connectivity index (χ3v) is 3.57. The molecule has 0 radical (unpaired) electrons. The first-order valence-electron chi connectivity index (χ1n) is 4.77. The van der Waals surface area contributed by atoms with Crippen LogP contribution < -0.4 is 0 Å². The fourth-order valence-corrected chi connectivity index (χ4v) is 2.61. The Balaban J connectivity index is 2.39. The zero-order chi connectivity index (χ0) is 11.9. The standard InChI is InChI=1S/C11H11Cl3N2/c1-15-6-10(14)16(2)11(15)8-4-3-7(12)5-9(8)13/h3-6,11H,1-2H3. The van der Waals surface area contributed by atoms with Gasteiger partial charge in [0.15, 0.2) is 0 Å². The summed E-state index contributed by atoms with van der Waals surface area (Å²) in [5.41, 5.74) is 0.989. The van der Waals surface area contributed by atoms with Gasteiger partial charge in [0.25, 0.3) is 0 Å². The number of rotatable bonds is 1. The van der Waals surface area contributed by atoms with Gasteiger partial charge in [0.1, 0.15) is 11.3 Å². The summed E-state index contributed by atoms with van der Waals surface area (Å²) in [5.74, 6) is 0. The Morgan fingerprint density at radius 3 is 2.31 bits per heavy atom. The molecular formula is C11H11Cl3N2. The van der Waals surface area contributed by atoms with Gasteiger partial charge in [-0.2, -0.15) is 0 Å². The first-order chi connectivity index (χ1) is 7.50. The first-order valence-corrected chi connectivity index (χ1v) is 5.91. The highest BCUT2D eigenvalue weighted by atomic mass is 35.5. The van der Waals surface area contributed by atoms with Gasteiger partial charge in [-0.15, -0.1) is 0 Å². The second-order valence-corrected chi connectivity index (χ2v) is 5.00. The van der Waals surface area contributed by atoms with Gasteiger partial charge in [0.2, 0.25) is 0 Å². The minimum atomic E-state index is 0.0252. The molecule has 0 aromatic heterocycles. The number of hydrogen-bond donors (Lipinski definition) is 0. The Kier molecular flexibility index (Phi) is 3.24. The molecule has 0 amide bonds. The van der Waals surface area contributed by atoms with Gasteiger partial charge >= 0.3 is 0 Å². The topological polar surface area (TPSA) is 6.48 Å². The lowest BCUT2D eigenvalue weighted by molar-refractivity contribution is 0.206. The predicted octanol–water partition coefficient (Wildman–Crippen LogP) is 3.91. The molecule has 1 unspecified atom stereocenters. The number of hydrogen-bond acceptors (Lipinski definition) is 2. The molecule has 1 aliphatic rings. The molecule has 1 heterocycles. The summed E-state index contributed by atoms with van der Waals surface area (Å²) < 4.78 is 0. The molecule has 2 rings (SSSR count). The van der Waals surface area contributed by atoms with Crippen LogP contribution in [0.15, 0.2) is 29.6 Å². The van der Waals surface area contributed by atoms with E-state index in [4.69, 9.17) is 34.8 Å². The first kappa shape index (κ1) is 11.9. The summed E-state index contributed by atoms with van der Waals surface area (Å²) in [6.45, 7) is 0. The zero-order valence-electron chi connectivity index (χ0n) is 8.92. The largest absolute Gasteiger partial charge is 0.354 e. The normalized spacial score (nSPS) is 20.3. The maximum atomic E-state index is 6.18. The predicted molar refractivity (Wildman–Crippen MR) is 68.7 cm³/mol.